The number of hydrogen-bond acceptors (Lipinski definition) is 5. The van der Waals surface area contributed by atoms with E-state index in [4.69, 9.17) is 4.74 Å². The van der Waals surface area contributed by atoms with Crippen LogP contribution in [0.25, 0.3) is 11.3 Å². The summed E-state index contributed by atoms with van der Waals surface area (Å²) in [4.78, 5) is 13.2. The Morgan fingerprint density at radius 1 is 1.20 bits per heavy atom. The molecule has 0 bridgehead atoms. The zero-order chi connectivity index (χ0) is 18.4. The number of ketones is 1. The Kier molecular flexibility index (Phi) is 4.07. The molecule has 1 aliphatic heterocycles. The molecule has 0 radical (unpaired) electrons. The van der Waals surface area contributed by atoms with Crippen molar-refractivity contribution in [2.24, 2.45) is 7.05 Å². The van der Waals surface area contributed by atoms with Crippen molar-refractivity contribution in [3.05, 3.63) is 47.8 Å². The highest BCUT2D eigenvalue weighted by Crippen LogP contribution is 2.42. The molecule has 0 spiro atoms. The van der Waals surface area contributed by atoms with E-state index >= 15 is 0 Å². The van der Waals surface area contributed by atoms with Gasteiger partial charge in [-0.15, -0.1) is 0 Å². The molecule has 1 unspecified atom stereocenters. The number of sulfone groups is 1. The third-order valence-corrected chi connectivity index (χ3v) is 5.58. The van der Waals surface area contributed by atoms with E-state index in [-0.39, 0.29) is 10.7 Å². The zero-order valence-corrected chi connectivity index (χ0v) is 15.4. The Morgan fingerprint density at radius 2 is 1.84 bits per heavy atom. The number of aromatic nitrogens is 2. The van der Waals surface area contributed by atoms with Crippen molar-refractivity contribution in [3.8, 4) is 0 Å². The minimum Gasteiger partial charge on any atom is -0.478 e. The van der Waals surface area contributed by atoms with E-state index in [9.17, 15) is 13.2 Å². The second-order valence-electron chi connectivity index (χ2n) is 6.39. The summed E-state index contributed by atoms with van der Waals surface area (Å²) in [5, 5.41) is 4.34. The van der Waals surface area contributed by atoms with Crippen LogP contribution in [0.3, 0.4) is 0 Å². The lowest BCUT2D eigenvalue weighted by molar-refractivity contribution is -0.126. The third-order valence-electron chi connectivity index (χ3n) is 4.45. The number of nitrogens with zero attached hydrogens (tertiary/aromatic N) is 2. The molecule has 0 aliphatic carbocycles. The first-order valence-corrected chi connectivity index (χ1v) is 9.83. The molecule has 0 saturated carbocycles. The summed E-state index contributed by atoms with van der Waals surface area (Å²) in [7, 11) is -1.50. The maximum absolute atomic E-state index is 12.9. The molecule has 0 saturated heterocycles. The molecule has 132 valence electrons. The van der Waals surface area contributed by atoms with Crippen LogP contribution in [0.1, 0.15) is 31.5 Å². The van der Waals surface area contributed by atoms with Crippen LogP contribution in [-0.2, 0) is 26.4 Å². The van der Waals surface area contributed by atoms with E-state index in [1.54, 1.807) is 43.0 Å². The van der Waals surface area contributed by atoms with Gasteiger partial charge in [-0.1, -0.05) is 6.92 Å². The minimum absolute atomic E-state index is 0.115. The van der Waals surface area contributed by atoms with E-state index in [1.165, 1.54) is 12.1 Å². The fourth-order valence-electron chi connectivity index (χ4n) is 2.76. The summed E-state index contributed by atoms with van der Waals surface area (Å²) in [6.45, 7) is 3.65. The van der Waals surface area contributed by atoms with Crippen molar-refractivity contribution < 1.29 is 17.9 Å². The first-order valence-electron chi connectivity index (χ1n) is 7.94. The predicted molar refractivity (Wildman–Crippen MR) is 94.4 cm³/mol. The Morgan fingerprint density at radius 3 is 2.32 bits per heavy atom. The number of aryl methyl sites for hydroxylation is 1. The molecule has 0 fully saturated rings. The lowest BCUT2D eigenvalue weighted by Crippen LogP contribution is -2.32. The Bertz CT molecular complexity index is 971. The monoisotopic (exact) mass is 360 g/mol. The fraction of sp³-hybridized carbons (Fsp3) is 0.333. The lowest BCUT2D eigenvalue weighted by atomic mass is 9.92. The maximum atomic E-state index is 12.9. The van der Waals surface area contributed by atoms with Crippen molar-refractivity contribution in [1.82, 2.24) is 9.78 Å². The third kappa shape index (κ3) is 3.00. The van der Waals surface area contributed by atoms with Gasteiger partial charge in [-0.25, -0.2) is 8.42 Å². The number of ether oxygens (including phenoxy) is 1. The summed E-state index contributed by atoms with van der Waals surface area (Å²) < 4.78 is 30.9. The van der Waals surface area contributed by atoms with Crippen LogP contribution < -0.4 is 0 Å². The molecule has 1 atom stereocenters. The number of rotatable bonds is 4. The Hall–Kier alpha value is -2.41. The van der Waals surface area contributed by atoms with Crippen LogP contribution in [0.5, 0.6) is 0 Å². The molecular formula is C18H20N2O4S. The molecule has 0 N–H and O–H groups in total. The van der Waals surface area contributed by atoms with Crippen molar-refractivity contribution in [2.45, 2.75) is 30.8 Å². The van der Waals surface area contributed by atoms with Crippen LogP contribution in [0.2, 0.25) is 0 Å². The average Bonchev–Trinajstić information content (AvgIpc) is 3.09. The summed E-state index contributed by atoms with van der Waals surface area (Å²) >= 11 is 0. The van der Waals surface area contributed by atoms with Gasteiger partial charge in [-0.2, -0.15) is 5.10 Å². The van der Waals surface area contributed by atoms with Gasteiger partial charge in [0.15, 0.2) is 15.4 Å². The number of hydrogen-bond donors (Lipinski definition) is 0. The quantitative estimate of drug-likeness (QED) is 0.837. The van der Waals surface area contributed by atoms with E-state index in [0.29, 0.717) is 29.0 Å². The smallest absolute Gasteiger partial charge is 0.212 e. The number of carbonyl (C=O) groups excluding carboxylic acids is 1. The van der Waals surface area contributed by atoms with E-state index in [1.807, 2.05) is 6.92 Å². The van der Waals surface area contributed by atoms with Gasteiger partial charge in [0.25, 0.3) is 0 Å². The second-order valence-corrected chi connectivity index (χ2v) is 8.41. The molecule has 2 heterocycles. The standard InChI is InChI=1S/C18H20N2O4S/c1-5-18(2)17(21)15(14-10-11-20(3)19-14)16(24-18)12-6-8-13(9-7-12)25(4,22)23/h6-11H,5H2,1-4H3. The van der Waals surface area contributed by atoms with Crippen LogP contribution in [0.15, 0.2) is 41.4 Å². The van der Waals surface area contributed by atoms with Gasteiger partial charge >= 0.3 is 0 Å². The fourth-order valence-corrected chi connectivity index (χ4v) is 3.39. The van der Waals surface area contributed by atoms with Crippen molar-refractivity contribution >= 4 is 27.0 Å². The molecule has 1 aromatic carbocycles. The van der Waals surface area contributed by atoms with Gasteiger partial charge in [0, 0.05) is 25.1 Å². The Labute approximate surface area is 147 Å². The van der Waals surface area contributed by atoms with Crippen LogP contribution in [-0.4, -0.2) is 35.8 Å². The van der Waals surface area contributed by atoms with Gasteiger partial charge < -0.3 is 4.74 Å². The largest absolute Gasteiger partial charge is 0.478 e. The van der Waals surface area contributed by atoms with Crippen LogP contribution in [0, 0.1) is 0 Å². The van der Waals surface area contributed by atoms with Gasteiger partial charge in [-0.3, -0.25) is 9.48 Å². The lowest BCUT2D eigenvalue weighted by Gasteiger charge is -2.21. The molecular weight excluding hydrogens is 340 g/mol. The number of carbonyl (C=O) groups is 1. The normalized spacial score (nSPS) is 20.9. The van der Waals surface area contributed by atoms with Crippen LogP contribution in [0.4, 0.5) is 0 Å². The maximum Gasteiger partial charge on any atom is 0.212 e. The molecule has 0 amide bonds. The molecule has 1 aromatic heterocycles. The summed E-state index contributed by atoms with van der Waals surface area (Å²) in [5.74, 6) is 0.323. The average molecular weight is 360 g/mol. The van der Waals surface area contributed by atoms with Gasteiger partial charge in [0.2, 0.25) is 5.78 Å². The Balaban J connectivity index is 2.15. The summed E-state index contributed by atoms with van der Waals surface area (Å²) in [5.41, 5.74) is 0.681. The second kappa shape index (κ2) is 5.84. The molecule has 1 aliphatic rings. The minimum atomic E-state index is -3.28. The van der Waals surface area contributed by atoms with E-state index in [2.05, 4.69) is 5.10 Å². The van der Waals surface area contributed by atoms with Crippen molar-refractivity contribution in [2.75, 3.05) is 6.26 Å². The zero-order valence-electron chi connectivity index (χ0n) is 14.6. The van der Waals surface area contributed by atoms with Crippen molar-refractivity contribution in [1.29, 1.82) is 0 Å². The molecule has 2 aromatic rings. The molecule has 7 heteroatoms. The first-order chi connectivity index (χ1) is 11.7. The summed E-state index contributed by atoms with van der Waals surface area (Å²) in [6.07, 6.45) is 3.44. The molecule has 3 rings (SSSR count). The van der Waals surface area contributed by atoms with Crippen molar-refractivity contribution in [3.63, 3.8) is 0 Å². The SMILES string of the molecule is CCC1(C)OC(c2ccc(S(C)(=O)=O)cc2)=C(c2ccn(C)n2)C1=O. The highest BCUT2D eigenvalue weighted by atomic mass is 32.2. The van der Waals surface area contributed by atoms with Gasteiger partial charge in [-0.05, 0) is 43.7 Å². The number of Topliss-reactive ketones (excluding diaryl/α,β-unsaturated/α-hetero) is 1. The predicted octanol–water partition coefficient (Wildman–Crippen LogP) is 2.46. The van der Waals surface area contributed by atoms with E-state index in [0.717, 1.165) is 6.26 Å². The van der Waals surface area contributed by atoms with Gasteiger partial charge in [0.05, 0.1) is 16.2 Å². The number of benzene rings is 1. The topological polar surface area (TPSA) is 78.3 Å². The highest BCUT2D eigenvalue weighted by molar-refractivity contribution is 7.90. The molecule has 6 nitrogen and oxygen atoms in total. The molecule has 25 heavy (non-hydrogen) atoms. The highest BCUT2D eigenvalue weighted by Gasteiger charge is 2.45. The first kappa shape index (κ1) is 17.4. The van der Waals surface area contributed by atoms with Gasteiger partial charge in [0.1, 0.15) is 5.76 Å². The summed E-state index contributed by atoms with van der Waals surface area (Å²) in [6, 6.07) is 8.11. The van der Waals surface area contributed by atoms with E-state index < -0.39 is 15.4 Å². The van der Waals surface area contributed by atoms with Crippen LogP contribution >= 0.6 is 0 Å².